The average Bonchev–Trinajstić information content (AvgIpc) is 2.77. The fourth-order valence-corrected chi connectivity index (χ4v) is 3.02. The Labute approximate surface area is 185 Å². The van der Waals surface area contributed by atoms with Gasteiger partial charge in [0.05, 0.1) is 21.0 Å². The van der Waals surface area contributed by atoms with Crippen LogP contribution in [0.5, 0.6) is 0 Å². The molecule has 2 aromatic carbocycles. The van der Waals surface area contributed by atoms with Crippen LogP contribution in [-0.2, 0) is 19.1 Å². The summed E-state index contributed by atoms with van der Waals surface area (Å²) in [5, 5.41) is 43.6. The molecule has 2 unspecified atom stereocenters. The smallest absolute Gasteiger partial charge is 0.350 e. The summed E-state index contributed by atoms with van der Waals surface area (Å²) in [6, 6.07) is 8.84. The number of hydrogen-bond donors (Lipinski definition) is 3. The molecule has 0 aliphatic heterocycles. The SMILES string of the molecule is O=C(CCCNC(C(=O)O)c1ccccc1[N+](=O)[O-])OC(C(=O)O)c1ccccc1[N+](=O)[O-]. The van der Waals surface area contributed by atoms with Gasteiger partial charge in [-0.2, -0.15) is 0 Å². The van der Waals surface area contributed by atoms with E-state index in [1.54, 1.807) is 0 Å². The number of aliphatic carboxylic acids is 2. The third-order valence-electron chi connectivity index (χ3n) is 4.49. The number of carbonyl (C=O) groups excluding carboxylic acids is 1. The first-order valence-electron chi connectivity index (χ1n) is 9.48. The monoisotopic (exact) mass is 461 g/mol. The van der Waals surface area contributed by atoms with Gasteiger partial charge in [0.15, 0.2) is 0 Å². The number of nitro groups is 2. The predicted molar refractivity (Wildman–Crippen MR) is 110 cm³/mol. The van der Waals surface area contributed by atoms with Crippen molar-refractivity contribution < 1.29 is 39.2 Å². The fraction of sp³-hybridized carbons (Fsp3) is 0.250. The molecule has 13 heteroatoms. The van der Waals surface area contributed by atoms with Crippen LogP contribution in [0.15, 0.2) is 48.5 Å². The normalized spacial score (nSPS) is 12.4. The van der Waals surface area contributed by atoms with Crippen molar-refractivity contribution in [1.29, 1.82) is 0 Å². The number of para-hydroxylation sites is 2. The number of carbonyl (C=O) groups is 3. The van der Waals surface area contributed by atoms with Crippen LogP contribution in [0.4, 0.5) is 11.4 Å². The molecule has 0 heterocycles. The summed E-state index contributed by atoms with van der Waals surface area (Å²) in [4.78, 5) is 56.0. The first kappa shape index (κ1) is 24.9. The summed E-state index contributed by atoms with van der Waals surface area (Å²) in [6.45, 7) is -0.0681. The second-order valence-corrected chi connectivity index (χ2v) is 6.67. The highest BCUT2D eigenvalue weighted by Gasteiger charge is 2.31. The van der Waals surface area contributed by atoms with E-state index in [-0.39, 0.29) is 36.2 Å². The molecule has 33 heavy (non-hydrogen) atoms. The van der Waals surface area contributed by atoms with Crippen LogP contribution >= 0.6 is 0 Å². The van der Waals surface area contributed by atoms with E-state index in [4.69, 9.17) is 4.74 Å². The van der Waals surface area contributed by atoms with Gasteiger partial charge in [0.2, 0.25) is 6.10 Å². The lowest BCUT2D eigenvalue weighted by molar-refractivity contribution is -0.386. The number of esters is 1. The minimum absolute atomic E-state index is 0.00642. The molecule has 0 saturated heterocycles. The van der Waals surface area contributed by atoms with Crippen LogP contribution in [0.2, 0.25) is 0 Å². The molecule has 13 nitrogen and oxygen atoms in total. The van der Waals surface area contributed by atoms with E-state index in [9.17, 15) is 44.8 Å². The van der Waals surface area contributed by atoms with Gasteiger partial charge in [0, 0.05) is 18.6 Å². The lowest BCUT2D eigenvalue weighted by Crippen LogP contribution is -2.30. The van der Waals surface area contributed by atoms with Gasteiger partial charge in [0.25, 0.3) is 11.4 Å². The van der Waals surface area contributed by atoms with Crippen LogP contribution in [0.3, 0.4) is 0 Å². The van der Waals surface area contributed by atoms with E-state index in [1.165, 1.54) is 36.4 Å². The van der Waals surface area contributed by atoms with Crippen LogP contribution in [0.25, 0.3) is 0 Å². The van der Waals surface area contributed by atoms with Crippen LogP contribution in [-0.4, -0.2) is 44.5 Å². The van der Waals surface area contributed by atoms with E-state index in [0.717, 1.165) is 12.1 Å². The van der Waals surface area contributed by atoms with Gasteiger partial charge in [-0.15, -0.1) is 0 Å². The largest absolute Gasteiger partial charge is 0.480 e. The molecule has 0 amide bonds. The molecule has 0 fully saturated rings. The quantitative estimate of drug-likeness (QED) is 0.181. The Morgan fingerprint density at radius 3 is 1.91 bits per heavy atom. The number of ether oxygens (including phenoxy) is 1. The van der Waals surface area contributed by atoms with Crippen molar-refractivity contribution in [2.24, 2.45) is 0 Å². The van der Waals surface area contributed by atoms with Crippen LogP contribution in [0, 0.1) is 20.2 Å². The van der Waals surface area contributed by atoms with E-state index >= 15 is 0 Å². The Balaban J connectivity index is 2.00. The lowest BCUT2D eigenvalue weighted by Gasteiger charge is -2.16. The lowest BCUT2D eigenvalue weighted by atomic mass is 10.0. The van der Waals surface area contributed by atoms with Gasteiger partial charge in [-0.05, 0) is 25.1 Å². The molecule has 0 bridgehead atoms. The zero-order valence-electron chi connectivity index (χ0n) is 16.9. The summed E-state index contributed by atoms with van der Waals surface area (Å²) >= 11 is 0. The van der Waals surface area contributed by atoms with Crippen molar-refractivity contribution in [1.82, 2.24) is 5.32 Å². The minimum atomic E-state index is -1.90. The van der Waals surface area contributed by atoms with E-state index < -0.39 is 45.6 Å². The average molecular weight is 461 g/mol. The summed E-state index contributed by atoms with van der Waals surface area (Å²) in [6.07, 6.45) is -2.22. The summed E-state index contributed by atoms with van der Waals surface area (Å²) in [5.41, 5.74) is -1.28. The second-order valence-electron chi connectivity index (χ2n) is 6.67. The third-order valence-corrected chi connectivity index (χ3v) is 4.49. The van der Waals surface area contributed by atoms with E-state index in [2.05, 4.69) is 5.32 Å². The van der Waals surface area contributed by atoms with Gasteiger partial charge in [-0.25, -0.2) is 4.79 Å². The Kier molecular flexibility index (Phi) is 8.51. The molecular formula is C20H19N3O10. The number of nitrogens with one attached hydrogen (secondary N) is 1. The van der Waals surface area contributed by atoms with Crippen molar-refractivity contribution in [3.05, 3.63) is 79.9 Å². The van der Waals surface area contributed by atoms with Crippen LogP contribution < -0.4 is 5.32 Å². The van der Waals surface area contributed by atoms with Gasteiger partial charge in [-0.1, -0.05) is 24.3 Å². The number of nitrogens with zero attached hydrogens (tertiary/aromatic N) is 2. The molecule has 2 rings (SSSR count). The van der Waals surface area contributed by atoms with Gasteiger partial charge in [-0.3, -0.25) is 29.8 Å². The molecule has 0 aliphatic carbocycles. The Bertz CT molecular complexity index is 1070. The number of hydrogen-bond acceptors (Lipinski definition) is 9. The summed E-state index contributed by atoms with van der Waals surface area (Å²) in [7, 11) is 0. The molecule has 0 spiro atoms. The van der Waals surface area contributed by atoms with Crippen molar-refractivity contribution in [3.63, 3.8) is 0 Å². The number of nitro benzene ring substituents is 2. The number of carboxylic acid groups (broad SMARTS) is 2. The second kappa shape index (κ2) is 11.3. The van der Waals surface area contributed by atoms with E-state index in [0.29, 0.717) is 0 Å². The third kappa shape index (κ3) is 6.54. The standard InChI is InChI=1S/C20H19N3O10/c24-16(33-18(20(27)28)13-7-2-4-9-15(13)23(31)32)10-5-11-21-17(19(25)26)12-6-1-3-8-14(12)22(29)30/h1-4,6-9,17-18,21H,5,10-11H2,(H,25,26)(H,27,28). The first-order chi connectivity index (χ1) is 15.6. The van der Waals surface area contributed by atoms with Gasteiger partial charge < -0.3 is 20.3 Å². The molecule has 0 saturated carbocycles. The maximum absolute atomic E-state index is 12.1. The van der Waals surface area contributed by atoms with Crippen LogP contribution in [0.1, 0.15) is 36.1 Å². The number of benzene rings is 2. The fourth-order valence-electron chi connectivity index (χ4n) is 3.02. The van der Waals surface area contributed by atoms with Crippen molar-refractivity contribution in [3.8, 4) is 0 Å². The minimum Gasteiger partial charge on any atom is -0.480 e. The molecule has 0 aromatic heterocycles. The topological polar surface area (TPSA) is 199 Å². The maximum Gasteiger partial charge on any atom is 0.350 e. The highest BCUT2D eigenvalue weighted by molar-refractivity contribution is 5.80. The molecule has 0 aliphatic rings. The molecular weight excluding hydrogens is 442 g/mol. The molecule has 2 atom stereocenters. The zero-order valence-corrected chi connectivity index (χ0v) is 16.9. The highest BCUT2D eigenvalue weighted by Crippen LogP contribution is 2.28. The first-order valence-corrected chi connectivity index (χ1v) is 9.48. The van der Waals surface area contributed by atoms with E-state index in [1.807, 2.05) is 0 Å². The Morgan fingerprint density at radius 1 is 0.879 bits per heavy atom. The van der Waals surface area contributed by atoms with Crippen molar-refractivity contribution in [2.75, 3.05) is 6.54 Å². The predicted octanol–water partition coefficient (Wildman–Crippen LogP) is 2.37. The highest BCUT2D eigenvalue weighted by atomic mass is 16.6. The molecule has 3 N–H and O–H groups in total. The maximum atomic E-state index is 12.1. The number of rotatable bonds is 12. The molecule has 2 aromatic rings. The zero-order chi connectivity index (χ0) is 24.5. The van der Waals surface area contributed by atoms with Gasteiger partial charge >= 0.3 is 17.9 Å². The Hall–Kier alpha value is -4.39. The number of carboxylic acids is 2. The summed E-state index contributed by atoms with van der Waals surface area (Å²) < 4.78 is 4.90. The van der Waals surface area contributed by atoms with Crippen molar-refractivity contribution >= 4 is 29.3 Å². The Morgan fingerprint density at radius 2 is 1.39 bits per heavy atom. The summed E-state index contributed by atoms with van der Waals surface area (Å²) in [5.74, 6) is -3.94. The van der Waals surface area contributed by atoms with Crippen molar-refractivity contribution in [2.45, 2.75) is 25.0 Å². The van der Waals surface area contributed by atoms with Gasteiger partial charge in [0.1, 0.15) is 6.04 Å². The molecule has 0 radical (unpaired) electrons. The molecule has 174 valence electrons.